The van der Waals surface area contributed by atoms with Crippen molar-refractivity contribution >= 4 is 66.6 Å². The van der Waals surface area contributed by atoms with Crippen LogP contribution < -0.4 is 19.6 Å². The number of hydrogen-bond donors (Lipinski definition) is 2. The van der Waals surface area contributed by atoms with Gasteiger partial charge in [-0.2, -0.15) is 9.82 Å². The van der Waals surface area contributed by atoms with E-state index in [1.807, 2.05) is 18.2 Å². The monoisotopic (exact) mass is 757 g/mol. The van der Waals surface area contributed by atoms with Gasteiger partial charge in [0.1, 0.15) is 6.04 Å². The van der Waals surface area contributed by atoms with Gasteiger partial charge in [-0.25, -0.2) is 18.6 Å². The summed E-state index contributed by atoms with van der Waals surface area (Å²) in [5, 5.41) is 4.04. The number of carbonyl (C=O) groups is 2. The zero-order valence-electron chi connectivity index (χ0n) is 22.3. The minimum absolute atomic E-state index is 0.0471. The van der Waals surface area contributed by atoms with Gasteiger partial charge in [0, 0.05) is 3.57 Å². The quantitative estimate of drug-likeness (QED) is 0.108. The van der Waals surface area contributed by atoms with Crippen LogP contribution in [0.5, 0.6) is 11.5 Å². The number of hydrogen-bond acceptors (Lipinski definition) is 8. The van der Waals surface area contributed by atoms with E-state index in [1.165, 1.54) is 18.3 Å². The summed E-state index contributed by atoms with van der Waals surface area (Å²) in [6, 6.07) is 17.5. The topological polar surface area (TPSA) is 132 Å². The predicted octanol–water partition coefficient (Wildman–Crippen LogP) is 4.43. The Kier molecular flexibility index (Phi) is 12.6. The van der Waals surface area contributed by atoms with Crippen LogP contribution in [0, 0.1) is 3.57 Å². The predicted molar refractivity (Wildman–Crippen MR) is 167 cm³/mol. The highest BCUT2D eigenvalue weighted by Crippen LogP contribution is 2.36. The number of hydrazone groups is 1. The molecule has 3 aromatic carbocycles. The SMILES string of the molecule is CCOC(=O)COc1c(Br)cc(/C=N\NC(=O)[C@H](Cc2ccccc2)NS(=O)(=O)c2ccc(I)cc2)cc1OCC. The van der Waals surface area contributed by atoms with Crippen LogP contribution in [-0.2, 0) is 30.8 Å². The molecule has 0 aliphatic heterocycles. The van der Waals surface area contributed by atoms with Crippen LogP contribution in [0.3, 0.4) is 0 Å². The van der Waals surface area contributed by atoms with E-state index >= 15 is 0 Å². The highest BCUT2D eigenvalue weighted by Gasteiger charge is 2.26. The molecular weight excluding hydrogens is 729 g/mol. The Bertz CT molecular complexity index is 1470. The molecule has 41 heavy (non-hydrogen) atoms. The Morgan fingerprint density at radius 1 is 1.02 bits per heavy atom. The maximum absolute atomic E-state index is 13.1. The summed E-state index contributed by atoms with van der Waals surface area (Å²) in [5.74, 6) is -0.490. The molecule has 3 aromatic rings. The first-order valence-corrected chi connectivity index (χ1v) is 15.9. The minimum atomic E-state index is -3.99. The van der Waals surface area contributed by atoms with Gasteiger partial charge in [0.2, 0.25) is 10.0 Å². The Labute approximate surface area is 261 Å². The van der Waals surface area contributed by atoms with E-state index < -0.39 is 27.9 Å². The molecule has 0 radical (unpaired) electrons. The van der Waals surface area contributed by atoms with E-state index in [0.29, 0.717) is 28.1 Å². The second kappa shape index (κ2) is 15.8. The lowest BCUT2D eigenvalue weighted by Gasteiger charge is -2.17. The third-order valence-electron chi connectivity index (χ3n) is 5.38. The molecule has 10 nitrogen and oxygen atoms in total. The molecule has 0 heterocycles. The van der Waals surface area contributed by atoms with Crippen molar-refractivity contribution < 1.29 is 32.2 Å². The van der Waals surface area contributed by atoms with E-state index in [0.717, 1.165) is 9.13 Å². The van der Waals surface area contributed by atoms with Gasteiger partial charge in [-0.3, -0.25) is 4.79 Å². The molecule has 2 N–H and O–H groups in total. The summed E-state index contributed by atoms with van der Waals surface area (Å²) in [5.41, 5.74) is 3.74. The Hall–Kier alpha value is -3.01. The fourth-order valence-corrected chi connectivity index (χ4v) is 5.68. The maximum Gasteiger partial charge on any atom is 0.344 e. The number of amides is 1. The number of esters is 1. The Balaban J connectivity index is 1.78. The van der Waals surface area contributed by atoms with E-state index in [-0.39, 0.29) is 24.5 Å². The smallest absolute Gasteiger partial charge is 0.344 e. The molecular formula is C28H29BrIN3O7S. The van der Waals surface area contributed by atoms with Crippen molar-refractivity contribution in [2.75, 3.05) is 19.8 Å². The number of ether oxygens (including phenoxy) is 3. The van der Waals surface area contributed by atoms with Crippen LogP contribution in [0.15, 0.2) is 81.2 Å². The van der Waals surface area contributed by atoms with E-state index in [4.69, 9.17) is 14.2 Å². The van der Waals surface area contributed by atoms with E-state index in [1.54, 1.807) is 50.2 Å². The molecule has 0 saturated carbocycles. The van der Waals surface area contributed by atoms with Crippen molar-refractivity contribution in [1.82, 2.24) is 10.1 Å². The number of nitrogens with zero attached hydrogens (tertiary/aromatic N) is 1. The fraction of sp³-hybridized carbons (Fsp3) is 0.250. The van der Waals surface area contributed by atoms with Gasteiger partial charge in [0.05, 0.1) is 28.8 Å². The average molecular weight is 758 g/mol. The molecule has 0 unspecified atom stereocenters. The maximum atomic E-state index is 13.1. The molecule has 0 aliphatic rings. The molecule has 0 aromatic heterocycles. The average Bonchev–Trinajstić information content (AvgIpc) is 2.93. The van der Waals surface area contributed by atoms with Crippen molar-refractivity contribution in [2.45, 2.75) is 31.2 Å². The van der Waals surface area contributed by atoms with Crippen LogP contribution in [0.25, 0.3) is 0 Å². The molecule has 1 atom stereocenters. The van der Waals surface area contributed by atoms with Crippen molar-refractivity contribution in [3.63, 3.8) is 0 Å². The zero-order chi connectivity index (χ0) is 29.8. The number of benzene rings is 3. The third kappa shape index (κ3) is 10.1. The lowest BCUT2D eigenvalue weighted by Crippen LogP contribution is -2.46. The van der Waals surface area contributed by atoms with E-state index in [2.05, 4.69) is 53.8 Å². The molecule has 0 aliphatic carbocycles. The van der Waals surface area contributed by atoms with Crippen LogP contribution in [-0.4, -0.2) is 52.4 Å². The van der Waals surface area contributed by atoms with E-state index in [9.17, 15) is 18.0 Å². The molecule has 0 fully saturated rings. The van der Waals surface area contributed by atoms with Gasteiger partial charge in [-0.1, -0.05) is 30.3 Å². The number of nitrogens with one attached hydrogen (secondary N) is 2. The summed E-state index contributed by atoms with van der Waals surface area (Å²) < 4.78 is 46.1. The van der Waals surface area contributed by atoms with Gasteiger partial charge < -0.3 is 14.2 Å². The number of rotatable bonds is 14. The highest BCUT2D eigenvalue weighted by molar-refractivity contribution is 14.1. The van der Waals surface area contributed by atoms with Crippen LogP contribution in [0.1, 0.15) is 25.0 Å². The second-order valence-corrected chi connectivity index (χ2v) is 12.2. The molecule has 0 bridgehead atoms. The van der Waals surface area contributed by atoms with Crippen molar-refractivity contribution in [3.05, 3.63) is 85.9 Å². The summed E-state index contributed by atoms with van der Waals surface area (Å²) >= 11 is 5.50. The van der Waals surface area contributed by atoms with Crippen LogP contribution in [0.4, 0.5) is 0 Å². The van der Waals surface area contributed by atoms with Gasteiger partial charge in [0.15, 0.2) is 18.1 Å². The van der Waals surface area contributed by atoms with Crippen LogP contribution >= 0.6 is 38.5 Å². The molecule has 13 heteroatoms. The van der Waals surface area contributed by atoms with Crippen molar-refractivity contribution in [2.24, 2.45) is 5.10 Å². The minimum Gasteiger partial charge on any atom is -0.490 e. The highest BCUT2D eigenvalue weighted by atomic mass is 127. The fourth-order valence-electron chi connectivity index (χ4n) is 3.55. The Morgan fingerprint density at radius 3 is 2.39 bits per heavy atom. The summed E-state index contributed by atoms with van der Waals surface area (Å²) in [7, 11) is -3.99. The second-order valence-electron chi connectivity index (χ2n) is 8.41. The molecule has 0 saturated heterocycles. The summed E-state index contributed by atoms with van der Waals surface area (Å²) in [6.07, 6.45) is 1.49. The van der Waals surface area contributed by atoms with Gasteiger partial charge >= 0.3 is 5.97 Å². The van der Waals surface area contributed by atoms with Gasteiger partial charge in [-0.05, 0) is 106 Å². The summed E-state index contributed by atoms with van der Waals surface area (Å²) in [4.78, 5) is 24.9. The third-order valence-corrected chi connectivity index (χ3v) is 8.18. The van der Waals surface area contributed by atoms with Gasteiger partial charge in [0.25, 0.3) is 5.91 Å². The van der Waals surface area contributed by atoms with Gasteiger partial charge in [-0.15, -0.1) is 0 Å². The molecule has 1 amide bonds. The molecule has 0 spiro atoms. The van der Waals surface area contributed by atoms with Crippen molar-refractivity contribution in [3.8, 4) is 11.5 Å². The first-order valence-electron chi connectivity index (χ1n) is 12.5. The Morgan fingerprint density at radius 2 is 1.73 bits per heavy atom. The molecule has 3 rings (SSSR count). The summed E-state index contributed by atoms with van der Waals surface area (Å²) in [6.45, 7) is 3.78. The number of carbonyl (C=O) groups excluding carboxylic acids is 2. The van der Waals surface area contributed by atoms with Crippen LogP contribution in [0.2, 0.25) is 0 Å². The van der Waals surface area contributed by atoms with Crippen molar-refractivity contribution in [1.29, 1.82) is 0 Å². The first kappa shape index (κ1) is 32.5. The molecule has 218 valence electrons. The lowest BCUT2D eigenvalue weighted by atomic mass is 10.1. The lowest BCUT2D eigenvalue weighted by molar-refractivity contribution is -0.145. The number of halogens is 2. The largest absolute Gasteiger partial charge is 0.490 e. The zero-order valence-corrected chi connectivity index (χ0v) is 26.9. The normalized spacial score (nSPS) is 12.1. The number of sulfonamides is 1. The first-order chi connectivity index (χ1) is 19.6. The standard InChI is InChI=1S/C28H29BrIN3O7S/c1-3-38-25-16-20(14-23(29)27(25)40-18-26(34)39-4-2)17-31-32-28(35)24(15-19-8-6-5-7-9-19)33-41(36,37)22-12-10-21(30)11-13-22/h5-14,16-17,24,33H,3-4,15,18H2,1-2H3,(H,32,35)/b31-17-/t24-/m0/s1.